The van der Waals surface area contributed by atoms with Crippen LogP contribution in [-0.4, -0.2) is 18.0 Å². The first-order valence-corrected chi connectivity index (χ1v) is 8.64. The van der Waals surface area contributed by atoms with Gasteiger partial charge in [0.05, 0.1) is 12.2 Å². The Hall–Kier alpha value is -2.30. The monoisotopic (exact) mass is 372 g/mol. The van der Waals surface area contributed by atoms with E-state index in [2.05, 4.69) is 32.7 Å². The molecule has 6 heteroatoms. The molecule has 0 fully saturated rings. The molecular weight excluding hydrogens is 355 g/mol. The number of hydrogen-bond acceptors (Lipinski definition) is 2. The fourth-order valence-corrected chi connectivity index (χ4v) is 3.03. The van der Waals surface area contributed by atoms with Crippen LogP contribution < -0.4 is 10.6 Å². The zero-order chi connectivity index (χ0) is 17.6. The third-order valence-electron chi connectivity index (χ3n) is 3.86. The summed E-state index contributed by atoms with van der Waals surface area (Å²) in [6.45, 7) is 1.13. The molecule has 0 bridgehead atoms. The lowest BCUT2D eigenvalue weighted by Gasteiger charge is -2.13. The summed E-state index contributed by atoms with van der Waals surface area (Å²) in [5, 5.41) is 10.1. The van der Waals surface area contributed by atoms with Crippen molar-refractivity contribution in [1.82, 2.24) is 15.6 Å². The molecule has 0 atom stereocenters. The van der Waals surface area contributed by atoms with Crippen LogP contribution in [0.1, 0.15) is 11.3 Å². The molecule has 0 radical (unpaired) electrons. The van der Waals surface area contributed by atoms with Gasteiger partial charge in [-0.05, 0) is 29.1 Å². The van der Waals surface area contributed by atoms with Gasteiger partial charge in [-0.25, -0.2) is 0 Å². The molecule has 0 saturated heterocycles. The van der Waals surface area contributed by atoms with E-state index in [1.54, 1.807) is 13.1 Å². The van der Waals surface area contributed by atoms with Crippen molar-refractivity contribution in [1.29, 1.82) is 0 Å². The van der Waals surface area contributed by atoms with E-state index in [0.29, 0.717) is 29.1 Å². The topological polar surface area (TPSA) is 49.3 Å². The maximum Gasteiger partial charge on any atom is 0.191 e. The van der Waals surface area contributed by atoms with Crippen molar-refractivity contribution in [2.45, 2.75) is 13.1 Å². The number of hydrogen-bond donors (Lipinski definition) is 2. The van der Waals surface area contributed by atoms with Gasteiger partial charge in [0.25, 0.3) is 0 Å². The van der Waals surface area contributed by atoms with Gasteiger partial charge in [-0.1, -0.05) is 53.5 Å². The zero-order valence-corrected chi connectivity index (χ0v) is 15.3. The predicted molar refractivity (Wildman–Crippen MR) is 105 cm³/mol. The lowest BCUT2D eigenvalue weighted by molar-refractivity contribution is 0.799. The minimum Gasteiger partial charge on any atom is -0.352 e. The van der Waals surface area contributed by atoms with E-state index in [4.69, 9.17) is 23.2 Å². The Morgan fingerprint density at radius 2 is 1.84 bits per heavy atom. The molecular formula is C19H18Cl2N4. The van der Waals surface area contributed by atoms with Crippen molar-refractivity contribution in [2.24, 2.45) is 4.99 Å². The highest BCUT2D eigenvalue weighted by Gasteiger charge is 2.05. The second kappa shape index (κ2) is 8.19. The van der Waals surface area contributed by atoms with Gasteiger partial charge in [-0.15, -0.1) is 0 Å². The van der Waals surface area contributed by atoms with Gasteiger partial charge in [0.15, 0.2) is 5.96 Å². The Morgan fingerprint density at radius 3 is 2.64 bits per heavy atom. The van der Waals surface area contributed by atoms with Crippen LogP contribution in [-0.2, 0) is 13.1 Å². The van der Waals surface area contributed by atoms with Gasteiger partial charge in [-0.3, -0.25) is 9.98 Å². The maximum atomic E-state index is 6.20. The van der Waals surface area contributed by atoms with Crippen LogP contribution in [0.15, 0.2) is 59.7 Å². The van der Waals surface area contributed by atoms with Crippen LogP contribution in [0.5, 0.6) is 0 Å². The summed E-state index contributed by atoms with van der Waals surface area (Å²) >= 11 is 12.1. The SMILES string of the molecule is CN=C(NCc1ccc(Cl)cc1Cl)NCc1nccc2ccccc12. The summed E-state index contributed by atoms with van der Waals surface area (Å²) < 4.78 is 0. The summed E-state index contributed by atoms with van der Waals surface area (Å²) in [5.41, 5.74) is 1.93. The van der Waals surface area contributed by atoms with Crippen molar-refractivity contribution >= 4 is 39.9 Å². The van der Waals surface area contributed by atoms with Gasteiger partial charge in [0.1, 0.15) is 0 Å². The molecule has 1 heterocycles. The molecule has 3 rings (SSSR count). The molecule has 2 N–H and O–H groups in total. The van der Waals surface area contributed by atoms with E-state index in [9.17, 15) is 0 Å². The number of nitrogens with zero attached hydrogens (tertiary/aromatic N) is 2. The number of pyridine rings is 1. The van der Waals surface area contributed by atoms with Crippen LogP contribution in [0.25, 0.3) is 10.8 Å². The molecule has 0 amide bonds. The minimum absolute atomic E-state index is 0.554. The summed E-state index contributed by atoms with van der Waals surface area (Å²) in [5.74, 6) is 0.681. The molecule has 3 aromatic rings. The van der Waals surface area contributed by atoms with E-state index in [1.807, 2.05) is 36.5 Å². The first-order valence-electron chi connectivity index (χ1n) is 7.88. The third kappa shape index (κ3) is 4.41. The standard InChI is InChI=1S/C19H18Cl2N4/c1-22-19(24-11-14-6-7-15(20)10-17(14)21)25-12-18-16-5-3-2-4-13(16)8-9-23-18/h2-10H,11-12H2,1H3,(H2,22,24,25). The molecule has 0 spiro atoms. The summed E-state index contributed by atoms with van der Waals surface area (Å²) in [4.78, 5) is 8.72. The number of nitrogens with one attached hydrogen (secondary N) is 2. The summed E-state index contributed by atoms with van der Waals surface area (Å²) in [6.07, 6.45) is 1.82. The largest absolute Gasteiger partial charge is 0.352 e. The van der Waals surface area contributed by atoms with Crippen LogP contribution in [0.4, 0.5) is 0 Å². The molecule has 128 valence electrons. The smallest absolute Gasteiger partial charge is 0.191 e. The Morgan fingerprint density at radius 1 is 1.04 bits per heavy atom. The van der Waals surface area contributed by atoms with E-state index >= 15 is 0 Å². The average Bonchev–Trinajstić information content (AvgIpc) is 2.63. The van der Waals surface area contributed by atoms with Gasteiger partial charge in [0, 0.05) is 35.2 Å². The second-order valence-corrected chi connectivity index (χ2v) is 6.34. The molecule has 1 aromatic heterocycles. The third-order valence-corrected chi connectivity index (χ3v) is 4.45. The minimum atomic E-state index is 0.554. The molecule has 2 aromatic carbocycles. The van der Waals surface area contributed by atoms with Crippen LogP contribution in [0, 0.1) is 0 Å². The Balaban J connectivity index is 1.64. The lowest BCUT2D eigenvalue weighted by atomic mass is 10.1. The van der Waals surface area contributed by atoms with E-state index in [0.717, 1.165) is 16.6 Å². The number of aromatic nitrogens is 1. The Kier molecular flexibility index (Phi) is 5.74. The fourth-order valence-electron chi connectivity index (χ4n) is 2.56. The molecule has 25 heavy (non-hydrogen) atoms. The number of guanidine groups is 1. The van der Waals surface area contributed by atoms with E-state index in [1.165, 1.54) is 5.39 Å². The second-order valence-electron chi connectivity index (χ2n) is 5.49. The Labute approximate surface area is 156 Å². The molecule has 0 aliphatic heterocycles. The molecule has 0 aliphatic carbocycles. The number of fused-ring (bicyclic) bond motifs is 1. The van der Waals surface area contributed by atoms with Gasteiger partial charge < -0.3 is 10.6 Å². The molecule has 4 nitrogen and oxygen atoms in total. The average molecular weight is 373 g/mol. The predicted octanol–water partition coefficient (Wildman–Crippen LogP) is 4.41. The zero-order valence-electron chi connectivity index (χ0n) is 13.8. The number of benzene rings is 2. The van der Waals surface area contributed by atoms with Gasteiger partial charge >= 0.3 is 0 Å². The first-order chi connectivity index (χ1) is 12.2. The van der Waals surface area contributed by atoms with Crippen molar-refractivity contribution in [3.8, 4) is 0 Å². The highest BCUT2D eigenvalue weighted by Crippen LogP contribution is 2.20. The van der Waals surface area contributed by atoms with Crippen LogP contribution >= 0.6 is 23.2 Å². The van der Waals surface area contributed by atoms with E-state index in [-0.39, 0.29) is 0 Å². The molecule has 0 saturated carbocycles. The van der Waals surface area contributed by atoms with Crippen LogP contribution in [0.3, 0.4) is 0 Å². The molecule has 0 unspecified atom stereocenters. The Bertz CT molecular complexity index is 904. The highest BCUT2D eigenvalue weighted by atomic mass is 35.5. The number of rotatable bonds is 4. The van der Waals surface area contributed by atoms with Crippen molar-refractivity contribution < 1.29 is 0 Å². The number of aliphatic imine (C=N–C) groups is 1. The maximum absolute atomic E-state index is 6.20. The van der Waals surface area contributed by atoms with Crippen molar-refractivity contribution in [3.63, 3.8) is 0 Å². The summed E-state index contributed by atoms with van der Waals surface area (Å²) in [7, 11) is 1.73. The van der Waals surface area contributed by atoms with E-state index < -0.39 is 0 Å². The normalized spacial score (nSPS) is 11.6. The molecule has 0 aliphatic rings. The van der Waals surface area contributed by atoms with Crippen molar-refractivity contribution in [3.05, 3.63) is 76.0 Å². The summed E-state index contributed by atoms with van der Waals surface area (Å²) in [6, 6.07) is 15.7. The van der Waals surface area contributed by atoms with Crippen LogP contribution in [0.2, 0.25) is 10.0 Å². The fraction of sp³-hybridized carbons (Fsp3) is 0.158. The van der Waals surface area contributed by atoms with Gasteiger partial charge in [-0.2, -0.15) is 0 Å². The quantitative estimate of drug-likeness (QED) is 0.526. The highest BCUT2D eigenvalue weighted by molar-refractivity contribution is 6.35. The van der Waals surface area contributed by atoms with Gasteiger partial charge in [0.2, 0.25) is 0 Å². The lowest BCUT2D eigenvalue weighted by Crippen LogP contribution is -2.36. The number of halogens is 2. The first kappa shape index (κ1) is 17.5. The van der Waals surface area contributed by atoms with Crippen molar-refractivity contribution in [2.75, 3.05) is 7.05 Å².